The molecule has 1 aromatic rings. The van der Waals surface area contributed by atoms with E-state index in [1.54, 1.807) is 4.90 Å². The summed E-state index contributed by atoms with van der Waals surface area (Å²) in [6, 6.07) is 5.48. The Balaban J connectivity index is 1.56. The van der Waals surface area contributed by atoms with Crippen molar-refractivity contribution in [2.45, 2.75) is 39.0 Å². The summed E-state index contributed by atoms with van der Waals surface area (Å²) >= 11 is 0. The Morgan fingerprint density at radius 2 is 2.00 bits per heavy atom. The van der Waals surface area contributed by atoms with Gasteiger partial charge in [0.1, 0.15) is 13.2 Å². The van der Waals surface area contributed by atoms with Crippen molar-refractivity contribution < 1.29 is 19.1 Å². The average molecular weight is 346 g/mol. The number of benzene rings is 1. The van der Waals surface area contributed by atoms with E-state index in [0.29, 0.717) is 37.8 Å². The molecule has 136 valence electrons. The molecule has 2 aliphatic heterocycles. The Labute approximate surface area is 148 Å². The van der Waals surface area contributed by atoms with Crippen molar-refractivity contribution in [2.75, 3.05) is 31.2 Å². The molecule has 1 unspecified atom stereocenters. The minimum absolute atomic E-state index is 0.0232. The first-order valence-electron chi connectivity index (χ1n) is 9.16. The van der Waals surface area contributed by atoms with Gasteiger partial charge in [-0.1, -0.05) is 26.2 Å². The molecule has 1 N–H and O–H groups in total. The summed E-state index contributed by atoms with van der Waals surface area (Å²) in [5, 5.41) is 2.96. The van der Waals surface area contributed by atoms with Crippen LogP contribution < -0.4 is 19.7 Å². The van der Waals surface area contributed by atoms with Crippen LogP contribution in [0.3, 0.4) is 0 Å². The molecule has 1 aromatic carbocycles. The molecule has 0 aromatic heterocycles. The Morgan fingerprint density at radius 1 is 1.20 bits per heavy atom. The normalized spacial score (nSPS) is 19.2. The van der Waals surface area contributed by atoms with Gasteiger partial charge in [0.05, 0.1) is 5.92 Å². The molecule has 0 aliphatic carbocycles. The maximum atomic E-state index is 12.3. The zero-order valence-electron chi connectivity index (χ0n) is 14.8. The van der Waals surface area contributed by atoms with Gasteiger partial charge in [-0.15, -0.1) is 0 Å². The van der Waals surface area contributed by atoms with Crippen LogP contribution in [-0.4, -0.2) is 38.1 Å². The van der Waals surface area contributed by atoms with Crippen molar-refractivity contribution >= 4 is 17.5 Å². The highest BCUT2D eigenvalue weighted by Gasteiger charge is 2.35. The Kier molecular flexibility index (Phi) is 5.79. The van der Waals surface area contributed by atoms with Crippen LogP contribution in [0.15, 0.2) is 18.2 Å². The van der Waals surface area contributed by atoms with Crippen LogP contribution in [0.2, 0.25) is 0 Å². The third kappa shape index (κ3) is 4.24. The zero-order chi connectivity index (χ0) is 17.6. The van der Waals surface area contributed by atoms with E-state index in [1.165, 1.54) is 12.8 Å². The number of anilines is 1. The fourth-order valence-electron chi connectivity index (χ4n) is 3.24. The summed E-state index contributed by atoms with van der Waals surface area (Å²) in [7, 11) is 0. The van der Waals surface area contributed by atoms with Crippen molar-refractivity contribution in [3.8, 4) is 11.5 Å². The second kappa shape index (κ2) is 8.23. The van der Waals surface area contributed by atoms with Gasteiger partial charge in [-0.3, -0.25) is 9.59 Å². The van der Waals surface area contributed by atoms with Gasteiger partial charge in [0.25, 0.3) is 0 Å². The predicted octanol–water partition coefficient (Wildman–Crippen LogP) is 2.51. The number of nitrogens with one attached hydrogen (secondary N) is 1. The molecule has 1 saturated heterocycles. The molecule has 6 nitrogen and oxygen atoms in total. The lowest BCUT2D eigenvalue weighted by Crippen LogP contribution is -2.33. The smallest absolute Gasteiger partial charge is 0.227 e. The quantitative estimate of drug-likeness (QED) is 0.770. The van der Waals surface area contributed by atoms with Gasteiger partial charge < -0.3 is 19.7 Å². The molecule has 6 heteroatoms. The minimum Gasteiger partial charge on any atom is -0.486 e. The van der Waals surface area contributed by atoms with Crippen LogP contribution >= 0.6 is 0 Å². The Morgan fingerprint density at radius 3 is 2.80 bits per heavy atom. The number of amides is 2. The van der Waals surface area contributed by atoms with E-state index in [2.05, 4.69) is 12.2 Å². The lowest BCUT2D eigenvalue weighted by atomic mass is 10.1. The third-order valence-corrected chi connectivity index (χ3v) is 4.66. The molecule has 3 rings (SSSR count). The van der Waals surface area contributed by atoms with Gasteiger partial charge in [0, 0.05) is 31.3 Å². The molecular formula is C19H26N2O4. The fraction of sp³-hybridized carbons (Fsp3) is 0.579. The number of ether oxygens (including phenoxy) is 2. The monoisotopic (exact) mass is 346 g/mol. The molecule has 0 spiro atoms. The summed E-state index contributed by atoms with van der Waals surface area (Å²) in [5.41, 5.74) is 0.757. The van der Waals surface area contributed by atoms with Crippen molar-refractivity contribution in [3.05, 3.63) is 18.2 Å². The molecule has 25 heavy (non-hydrogen) atoms. The van der Waals surface area contributed by atoms with Gasteiger partial charge in [0.2, 0.25) is 11.8 Å². The van der Waals surface area contributed by atoms with E-state index in [9.17, 15) is 9.59 Å². The summed E-state index contributed by atoms with van der Waals surface area (Å²) in [5.74, 6) is 1.02. The number of unbranched alkanes of at least 4 members (excludes halogenated alkanes) is 3. The molecular weight excluding hydrogens is 320 g/mol. The number of carbonyl (C=O) groups is 2. The van der Waals surface area contributed by atoms with Crippen LogP contribution in [0.4, 0.5) is 5.69 Å². The summed E-state index contributed by atoms with van der Waals surface area (Å²) in [6.07, 6.45) is 4.75. The third-order valence-electron chi connectivity index (χ3n) is 4.66. The van der Waals surface area contributed by atoms with E-state index in [0.717, 1.165) is 18.5 Å². The lowest BCUT2D eigenvalue weighted by Gasteiger charge is -2.22. The predicted molar refractivity (Wildman–Crippen MR) is 95.0 cm³/mol. The maximum absolute atomic E-state index is 12.3. The molecule has 2 amide bonds. The highest BCUT2D eigenvalue weighted by molar-refractivity contribution is 6.00. The Bertz CT molecular complexity index is 632. The van der Waals surface area contributed by atoms with Gasteiger partial charge in [-0.2, -0.15) is 0 Å². The topological polar surface area (TPSA) is 67.9 Å². The van der Waals surface area contributed by atoms with Gasteiger partial charge in [0.15, 0.2) is 11.5 Å². The molecule has 0 radical (unpaired) electrons. The first kappa shape index (κ1) is 17.6. The van der Waals surface area contributed by atoms with E-state index in [4.69, 9.17) is 9.47 Å². The second-order valence-electron chi connectivity index (χ2n) is 6.59. The lowest BCUT2D eigenvalue weighted by molar-refractivity contribution is -0.126. The van der Waals surface area contributed by atoms with Crippen LogP contribution in [0.1, 0.15) is 39.0 Å². The van der Waals surface area contributed by atoms with Crippen LogP contribution in [-0.2, 0) is 9.59 Å². The molecule has 1 atom stereocenters. The maximum Gasteiger partial charge on any atom is 0.227 e. The van der Waals surface area contributed by atoms with Crippen molar-refractivity contribution in [1.29, 1.82) is 0 Å². The number of nitrogens with zero attached hydrogens (tertiary/aromatic N) is 1. The summed E-state index contributed by atoms with van der Waals surface area (Å²) in [4.78, 5) is 26.3. The number of fused-ring (bicyclic) bond motifs is 1. The second-order valence-corrected chi connectivity index (χ2v) is 6.59. The number of hydrogen-bond acceptors (Lipinski definition) is 4. The number of rotatable bonds is 7. The largest absolute Gasteiger partial charge is 0.486 e. The summed E-state index contributed by atoms with van der Waals surface area (Å²) < 4.78 is 11.1. The van der Waals surface area contributed by atoms with E-state index < -0.39 is 0 Å². The van der Waals surface area contributed by atoms with Gasteiger partial charge in [-0.25, -0.2) is 0 Å². The average Bonchev–Trinajstić information content (AvgIpc) is 3.03. The van der Waals surface area contributed by atoms with Crippen molar-refractivity contribution in [1.82, 2.24) is 5.32 Å². The highest BCUT2D eigenvalue weighted by Crippen LogP contribution is 2.35. The van der Waals surface area contributed by atoms with Crippen LogP contribution in [0.25, 0.3) is 0 Å². The molecule has 2 aliphatic rings. The molecule has 0 saturated carbocycles. The number of hydrogen-bond donors (Lipinski definition) is 1. The van der Waals surface area contributed by atoms with Crippen LogP contribution in [0.5, 0.6) is 11.5 Å². The first-order valence-corrected chi connectivity index (χ1v) is 9.16. The minimum atomic E-state index is -0.285. The van der Waals surface area contributed by atoms with Crippen LogP contribution in [0, 0.1) is 5.92 Å². The summed E-state index contributed by atoms with van der Waals surface area (Å²) in [6.45, 7) is 4.31. The number of carbonyl (C=O) groups excluding carboxylic acids is 2. The van der Waals surface area contributed by atoms with Crippen molar-refractivity contribution in [2.24, 2.45) is 5.92 Å². The molecule has 1 fully saturated rings. The van der Waals surface area contributed by atoms with E-state index in [-0.39, 0.29) is 24.2 Å². The zero-order valence-corrected chi connectivity index (χ0v) is 14.8. The fourth-order valence-corrected chi connectivity index (χ4v) is 3.24. The van der Waals surface area contributed by atoms with Gasteiger partial charge >= 0.3 is 0 Å². The van der Waals surface area contributed by atoms with E-state index in [1.807, 2.05) is 18.2 Å². The molecule has 0 bridgehead atoms. The van der Waals surface area contributed by atoms with E-state index >= 15 is 0 Å². The highest BCUT2D eigenvalue weighted by atomic mass is 16.6. The molecule has 2 heterocycles. The Hall–Kier alpha value is -2.24. The van der Waals surface area contributed by atoms with Crippen molar-refractivity contribution in [3.63, 3.8) is 0 Å². The standard InChI is InChI=1S/C19H26N2O4/c1-2-3-4-5-8-20-19(23)14-11-18(22)21(13-14)15-6-7-16-17(12-15)25-10-9-24-16/h6-7,12,14H,2-5,8-11,13H2,1H3,(H,20,23). The first-order chi connectivity index (χ1) is 12.2. The SMILES string of the molecule is CCCCCCNC(=O)C1CC(=O)N(c2ccc3c(c2)OCCO3)C1. The van der Waals surface area contributed by atoms with Gasteiger partial charge in [-0.05, 0) is 18.6 Å².